The van der Waals surface area contributed by atoms with Crippen LogP contribution < -0.4 is 0 Å². The molecular weight excluding hydrogens is 336 g/mol. The number of allylic oxidation sites excluding steroid dienone is 5. The zero-order chi connectivity index (χ0) is 20.1. The van der Waals surface area contributed by atoms with E-state index in [4.69, 9.17) is 4.74 Å². The van der Waals surface area contributed by atoms with E-state index in [-0.39, 0.29) is 18.7 Å². The van der Waals surface area contributed by atoms with Crippen LogP contribution in [0.4, 0.5) is 0 Å². The average molecular weight is 377 g/mol. The summed E-state index contributed by atoms with van der Waals surface area (Å²) in [5, 5.41) is 9.51. The molecule has 1 unspecified atom stereocenters. The smallest absolute Gasteiger partial charge is 0.303 e. The summed E-state index contributed by atoms with van der Waals surface area (Å²) in [6, 6.07) is 0. The van der Waals surface area contributed by atoms with Crippen LogP contribution in [0.5, 0.6) is 0 Å². The van der Waals surface area contributed by atoms with Crippen molar-refractivity contribution in [1.82, 2.24) is 0 Å². The molecule has 1 N–H and O–H groups in total. The van der Waals surface area contributed by atoms with Gasteiger partial charge in [-0.05, 0) is 76.2 Å². The van der Waals surface area contributed by atoms with Gasteiger partial charge in [-0.15, -0.1) is 0 Å². The molecule has 0 spiro atoms. The second-order valence-corrected chi connectivity index (χ2v) is 8.35. The van der Waals surface area contributed by atoms with Gasteiger partial charge in [0.05, 0.1) is 0 Å². The highest BCUT2D eigenvalue weighted by molar-refractivity contribution is 5.66. The molecular formula is C24H40O3. The molecule has 0 radical (unpaired) electrons. The fourth-order valence-electron chi connectivity index (χ4n) is 3.77. The zero-order valence-electron chi connectivity index (χ0n) is 17.8. The number of hydrogen-bond donors (Lipinski definition) is 1. The highest BCUT2D eigenvalue weighted by atomic mass is 16.5. The molecule has 0 aromatic carbocycles. The number of hydrogen-bond acceptors (Lipinski definition) is 3. The molecule has 0 aliphatic heterocycles. The molecule has 27 heavy (non-hydrogen) atoms. The Hall–Kier alpha value is -1.35. The molecule has 1 aliphatic rings. The van der Waals surface area contributed by atoms with E-state index < -0.39 is 0 Å². The van der Waals surface area contributed by atoms with E-state index in [0.29, 0.717) is 17.8 Å². The first-order valence-electron chi connectivity index (χ1n) is 10.7. The third-order valence-corrected chi connectivity index (χ3v) is 5.47. The van der Waals surface area contributed by atoms with Crippen molar-refractivity contribution < 1.29 is 14.6 Å². The van der Waals surface area contributed by atoms with E-state index in [9.17, 15) is 9.90 Å². The van der Waals surface area contributed by atoms with Crippen LogP contribution in [0.25, 0.3) is 0 Å². The van der Waals surface area contributed by atoms with Crippen LogP contribution in [-0.4, -0.2) is 23.8 Å². The van der Waals surface area contributed by atoms with Crippen LogP contribution >= 0.6 is 0 Å². The average Bonchev–Trinajstić information content (AvgIpc) is 2.62. The summed E-state index contributed by atoms with van der Waals surface area (Å²) in [5.74, 6) is 1.26. The van der Waals surface area contributed by atoms with Gasteiger partial charge in [0.1, 0.15) is 6.10 Å². The Morgan fingerprint density at radius 2 is 1.85 bits per heavy atom. The minimum atomic E-state index is -0.224. The van der Waals surface area contributed by atoms with E-state index in [0.717, 1.165) is 32.1 Å². The first-order chi connectivity index (χ1) is 12.9. The highest BCUT2D eigenvalue weighted by Crippen LogP contribution is 2.30. The molecule has 4 atom stereocenters. The summed E-state index contributed by atoms with van der Waals surface area (Å²) in [4.78, 5) is 11.4. The summed E-state index contributed by atoms with van der Waals surface area (Å²) in [5.41, 5.74) is 1.37. The first-order valence-corrected chi connectivity index (χ1v) is 10.7. The van der Waals surface area contributed by atoms with Gasteiger partial charge in [0.15, 0.2) is 0 Å². The molecule has 0 bridgehead atoms. The van der Waals surface area contributed by atoms with Gasteiger partial charge >= 0.3 is 5.97 Å². The summed E-state index contributed by atoms with van der Waals surface area (Å²) in [6.45, 7) is 8.29. The van der Waals surface area contributed by atoms with Gasteiger partial charge in [0, 0.05) is 13.5 Å². The quantitative estimate of drug-likeness (QED) is 0.274. The van der Waals surface area contributed by atoms with Crippen molar-refractivity contribution in [2.45, 2.75) is 85.2 Å². The Morgan fingerprint density at radius 1 is 1.11 bits per heavy atom. The van der Waals surface area contributed by atoms with Gasteiger partial charge in [-0.1, -0.05) is 49.6 Å². The third-order valence-electron chi connectivity index (χ3n) is 5.47. The summed E-state index contributed by atoms with van der Waals surface area (Å²) < 4.78 is 5.47. The Labute approximate surface area is 166 Å². The lowest BCUT2D eigenvalue weighted by molar-refractivity contribution is -0.144. The third kappa shape index (κ3) is 11.2. The molecule has 0 heterocycles. The lowest BCUT2D eigenvalue weighted by Crippen LogP contribution is -2.20. The van der Waals surface area contributed by atoms with Gasteiger partial charge in [0.25, 0.3) is 0 Å². The number of aliphatic hydroxyl groups is 1. The van der Waals surface area contributed by atoms with Crippen molar-refractivity contribution in [1.29, 1.82) is 0 Å². The van der Waals surface area contributed by atoms with Gasteiger partial charge in [0.2, 0.25) is 0 Å². The fourth-order valence-corrected chi connectivity index (χ4v) is 3.77. The lowest BCUT2D eigenvalue weighted by Gasteiger charge is -2.27. The SMILES string of the molecule is CC(=O)OC(/C=C/C=C/[C@@H]1CCCC[C@@H]1CO)CC[C@@H](C)CCC=C(C)C. The lowest BCUT2D eigenvalue weighted by atomic mass is 9.79. The molecule has 0 saturated heterocycles. The maximum atomic E-state index is 11.4. The zero-order valence-corrected chi connectivity index (χ0v) is 17.8. The maximum absolute atomic E-state index is 11.4. The Morgan fingerprint density at radius 3 is 2.52 bits per heavy atom. The minimum Gasteiger partial charge on any atom is -0.458 e. The number of carbonyl (C=O) groups excluding carboxylic acids is 1. The number of aliphatic hydroxyl groups excluding tert-OH is 1. The number of rotatable bonds is 11. The van der Waals surface area contributed by atoms with Crippen LogP contribution in [-0.2, 0) is 9.53 Å². The summed E-state index contributed by atoms with van der Waals surface area (Å²) in [7, 11) is 0. The first kappa shape index (κ1) is 23.7. The molecule has 1 aliphatic carbocycles. The van der Waals surface area contributed by atoms with Crippen molar-refractivity contribution in [3.8, 4) is 0 Å². The van der Waals surface area contributed by atoms with Gasteiger partial charge in [-0.2, -0.15) is 0 Å². The van der Waals surface area contributed by atoms with Crippen LogP contribution in [0.15, 0.2) is 36.0 Å². The molecule has 1 saturated carbocycles. The molecule has 0 aromatic rings. The second-order valence-electron chi connectivity index (χ2n) is 8.35. The Balaban J connectivity index is 2.48. The number of esters is 1. The van der Waals surface area contributed by atoms with E-state index in [1.807, 2.05) is 12.2 Å². The van der Waals surface area contributed by atoms with E-state index in [2.05, 4.69) is 39.0 Å². The van der Waals surface area contributed by atoms with Crippen LogP contribution in [0.3, 0.4) is 0 Å². The number of ether oxygens (including phenoxy) is 1. The summed E-state index contributed by atoms with van der Waals surface area (Å²) >= 11 is 0. The largest absolute Gasteiger partial charge is 0.458 e. The highest BCUT2D eigenvalue weighted by Gasteiger charge is 2.21. The Kier molecular flexibility index (Phi) is 12.1. The van der Waals surface area contributed by atoms with Gasteiger partial charge < -0.3 is 9.84 Å². The topological polar surface area (TPSA) is 46.5 Å². The van der Waals surface area contributed by atoms with Crippen LogP contribution in [0.2, 0.25) is 0 Å². The van der Waals surface area contributed by atoms with E-state index in [1.54, 1.807) is 0 Å². The van der Waals surface area contributed by atoms with E-state index >= 15 is 0 Å². The van der Waals surface area contributed by atoms with Crippen molar-refractivity contribution in [3.63, 3.8) is 0 Å². The molecule has 1 fully saturated rings. The van der Waals surface area contributed by atoms with Crippen molar-refractivity contribution >= 4 is 5.97 Å². The van der Waals surface area contributed by atoms with Crippen molar-refractivity contribution in [3.05, 3.63) is 36.0 Å². The molecule has 0 aromatic heterocycles. The second kappa shape index (κ2) is 13.8. The van der Waals surface area contributed by atoms with Crippen LogP contribution in [0.1, 0.15) is 79.1 Å². The standard InChI is InChI=1S/C24H40O3/c1-19(2)10-9-11-20(3)16-17-24(27-21(4)26)15-8-7-13-22-12-5-6-14-23(22)18-25/h7-8,10,13,15,20,22-25H,5-6,9,11-12,14,16-18H2,1-4H3/b13-7+,15-8+/t20-,22-,23+,24?/m0/s1. The predicted molar refractivity (Wildman–Crippen MR) is 113 cm³/mol. The van der Waals surface area contributed by atoms with Crippen molar-refractivity contribution in [2.24, 2.45) is 17.8 Å². The molecule has 1 rings (SSSR count). The number of carbonyl (C=O) groups is 1. The molecule has 154 valence electrons. The van der Waals surface area contributed by atoms with Gasteiger partial charge in [-0.3, -0.25) is 4.79 Å². The molecule has 0 amide bonds. The van der Waals surface area contributed by atoms with Crippen molar-refractivity contribution in [2.75, 3.05) is 6.61 Å². The molecule has 3 nitrogen and oxygen atoms in total. The van der Waals surface area contributed by atoms with Gasteiger partial charge in [-0.25, -0.2) is 0 Å². The summed E-state index contributed by atoms with van der Waals surface area (Å²) in [6.07, 6.45) is 19.4. The maximum Gasteiger partial charge on any atom is 0.303 e. The normalized spacial score (nSPS) is 22.7. The van der Waals surface area contributed by atoms with Crippen LogP contribution in [0, 0.1) is 17.8 Å². The Bertz CT molecular complexity index is 500. The monoisotopic (exact) mass is 376 g/mol. The predicted octanol–water partition coefficient (Wildman–Crippen LogP) is 5.99. The molecule has 3 heteroatoms. The fraction of sp³-hybridized carbons (Fsp3) is 0.708. The van der Waals surface area contributed by atoms with E-state index in [1.165, 1.54) is 31.8 Å². The minimum absolute atomic E-state index is 0.155.